The summed E-state index contributed by atoms with van der Waals surface area (Å²) in [7, 11) is 0. The fraction of sp³-hybridized carbons (Fsp3) is 0.636. The summed E-state index contributed by atoms with van der Waals surface area (Å²) < 4.78 is 5.54. The lowest BCUT2D eigenvalue weighted by Crippen LogP contribution is -2.44. The Morgan fingerprint density at radius 3 is 2.60 bits per heavy atom. The molecule has 0 spiro atoms. The van der Waals surface area contributed by atoms with Crippen molar-refractivity contribution in [3.8, 4) is 5.88 Å². The van der Waals surface area contributed by atoms with Gasteiger partial charge in [-0.25, -0.2) is 0 Å². The van der Waals surface area contributed by atoms with Gasteiger partial charge < -0.3 is 10.5 Å². The largest absolute Gasteiger partial charge is 0.475 e. The van der Waals surface area contributed by atoms with E-state index >= 15 is 0 Å². The van der Waals surface area contributed by atoms with Gasteiger partial charge in [0.15, 0.2) is 0 Å². The molecule has 0 aromatic carbocycles. The minimum atomic E-state index is -0.259. The van der Waals surface area contributed by atoms with Gasteiger partial charge in [-0.15, -0.1) is 5.10 Å². The first kappa shape index (κ1) is 11.9. The average molecular weight is 209 g/mol. The summed E-state index contributed by atoms with van der Waals surface area (Å²) >= 11 is 0. The number of nitrogens with two attached hydrogens (primary N) is 1. The highest BCUT2D eigenvalue weighted by Gasteiger charge is 2.21. The molecule has 4 heteroatoms. The first-order valence-electron chi connectivity index (χ1n) is 5.30. The second-order valence-corrected chi connectivity index (χ2v) is 3.93. The van der Waals surface area contributed by atoms with Crippen LogP contribution in [-0.2, 0) is 0 Å². The first-order valence-corrected chi connectivity index (χ1v) is 5.30. The molecule has 15 heavy (non-hydrogen) atoms. The zero-order chi connectivity index (χ0) is 11.3. The third-order valence-corrected chi connectivity index (χ3v) is 2.68. The Morgan fingerprint density at radius 2 is 2.07 bits per heavy atom. The number of aromatic nitrogens is 2. The van der Waals surface area contributed by atoms with E-state index in [4.69, 9.17) is 10.5 Å². The van der Waals surface area contributed by atoms with Crippen molar-refractivity contribution in [1.29, 1.82) is 0 Å². The molecular weight excluding hydrogens is 190 g/mol. The number of hydrogen-bond donors (Lipinski definition) is 1. The highest BCUT2D eigenvalue weighted by molar-refractivity contribution is 5.15. The Balaban J connectivity index is 2.56. The summed E-state index contributed by atoms with van der Waals surface area (Å²) in [6.07, 6.45) is 3.48. The van der Waals surface area contributed by atoms with Crippen LogP contribution in [0.1, 0.15) is 32.3 Å². The summed E-state index contributed by atoms with van der Waals surface area (Å²) in [6.45, 7) is 6.57. The molecule has 1 aromatic rings. The van der Waals surface area contributed by atoms with Crippen molar-refractivity contribution in [1.82, 2.24) is 10.2 Å². The van der Waals surface area contributed by atoms with Crippen molar-refractivity contribution in [2.24, 2.45) is 5.73 Å². The van der Waals surface area contributed by atoms with Crippen molar-refractivity contribution in [3.63, 3.8) is 0 Å². The van der Waals surface area contributed by atoms with Crippen LogP contribution in [0.5, 0.6) is 5.88 Å². The number of nitrogens with zero attached hydrogens (tertiary/aromatic N) is 2. The molecule has 0 fully saturated rings. The summed E-state index contributed by atoms with van der Waals surface area (Å²) in [5, 5.41) is 7.70. The molecule has 0 unspecified atom stereocenters. The average Bonchev–Trinajstić information content (AvgIpc) is 2.26. The van der Waals surface area contributed by atoms with Gasteiger partial charge in [-0.1, -0.05) is 13.8 Å². The molecule has 0 saturated carbocycles. The molecule has 1 heterocycles. The molecule has 0 amide bonds. The van der Waals surface area contributed by atoms with Crippen molar-refractivity contribution < 1.29 is 4.74 Å². The highest BCUT2D eigenvalue weighted by Crippen LogP contribution is 2.14. The molecule has 1 rings (SSSR count). The third-order valence-electron chi connectivity index (χ3n) is 2.68. The smallest absolute Gasteiger partial charge is 0.233 e. The molecule has 0 aliphatic rings. The maximum absolute atomic E-state index is 6.11. The van der Waals surface area contributed by atoms with Crippen LogP contribution in [0, 0.1) is 6.92 Å². The monoisotopic (exact) mass is 209 g/mol. The Hall–Kier alpha value is -1.16. The third kappa shape index (κ3) is 3.47. The Labute approximate surface area is 90.8 Å². The Bertz CT molecular complexity index is 310. The fourth-order valence-electron chi connectivity index (χ4n) is 1.18. The number of hydrogen-bond acceptors (Lipinski definition) is 4. The normalized spacial score (nSPS) is 11.5. The van der Waals surface area contributed by atoms with Gasteiger partial charge in [0, 0.05) is 11.6 Å². The summed E-state index contributed by atoms with van der Waals surface area (Å²) in [5.41, 5.74) is 6.89. The summed E-state index contributed by atoms with van der Waals surface area (Å²) in [4.78, 5) is 0. The molecule has 2 N–H and O–H groups in total. The molecule has 0 radical (unpaired) electrons. The predicted octanol–water partition coefficient (Wildman–Crippen LogP) is 1.68. The van der Waals surface area contributed by atoms with Crippen molar-refractivity contribution >= 4 is 0 Å². The van der Waals surface area contributed by atoms with Gasteiger partial charge in [0.2, 0.25) is 5.88 Å². The van der Waals surface area contributed by atoms with Crippen LogP contribution in [0.15, 0.2) is 12.3 Å². The SMILES string of the molecule is CCC(N)(CC)COc1cc(C)cnn1. The molecular formula is C11H19N3O. The lowest BCUT2D eigenvalue weighted by molar-refractivity contribution is 0.199. The van der Waals surface area contributed by atoms with Gasteiger partial charge in [0.1, 0.15) is 6.61 Å². The maximum Gasteiger partial charge on any atom is 0.233 e. The van der Waals surface area contributed by atoms with E-state index in [1.807, 2.05) is 13.0 Å². The number of aryl methyl sites for hydroxylation is 1. The van der Waals surface area contributed by atoms with Gasteiger partial charge in [0.25, 0.3) is 0 Å². The van der Waals surface area contributed by atoms with E-state index < -0.39 is 0 Å². The van der Waals surface area contributed by atoms with Crippen molar-refractivity contribution in [2.75, 3.05) is 6.61 Å². The van der Waals surface area contributed by atoms with E-state index in [1.165, 1.54) is 0 Å². The van der Waals surface area contributed by atoms with Gasteiger partial charge >= 0.3 is 0 Å². The minimum absolute atomic E-state index is 0.259. The van der Waals surface area contributed by atoms with Crippen LogP contribution in [0.2, 0.25) is 0 Å². The van der Waals surface area contributed by atoms with Crippen LogP contribution >= 0.6 is 0 Å². The molecule has 1 aromatic heterocycles. The van der Waals surface area contributed by atoms with E-state index in [1.54, 1.807) is 6.20 Å². The van der Waals surface area contributed by atoms with Gasteiger partial charge in [-0.2, -0.15) is 5.10 Å². The van der Waals surface area contributed by atoms with Gasteiger partial charge in [-0.3, -0.25) is 0 Å². The van der Waals surface area contributed by atoms with Crippen molar-refractivity contribution in [2.45, 2.75) is 39.2 Å². The maximum atomic E-state index is 6.11. The van der Waals surface area contributed by atoms with E-state index in [9.17, 15) is 0 Å². The van der Waals surface area contributed by atoms with E-state index in [2.05, 4.69) is 24.0 Å². The van der Waals surface area contributed by atoms with Crippen LogP contribution in [0.4, 0.5) is 0 Å². The second-order valence-electron chi connectivity index (χ2n) is 3.93. The van der Waals surface area contributed by atoms with E-state index in [0.717, 1.165) is 18.4 Å². The van der Waals surface area contributed by atoms with Crippen LogP contribution < -0.4 is 10.5 Å². The molecule has 0 saturated heterocycles. The molecule has 84 valence electrons. The fourth-order valence-corrected chi connectivity index (χ4v) is 1.18. The van der Waals surface area contributed by atoms with E-state index in [-0.39, 0.29) is 5.54 Å². The summed E-state index contributed by atoms with van der Waals surface area (Å²) in [6, 6.07) is 1.86. The second kappa shape index (κ2) is 5.07. The quantitative estimate of drug-likeness (QED) is 0.801. The number of rotatable bonds is 5. The van der Waals surface area contributed by atoms with E-state index in [0.29, 0.717) is 12.5 Å². The van der Waals surface area contributed by atoms with Crippen LogP contribution in [0.25, 0.3) is 0 Å². The topological polar surface area (TPSA) is 61.0 Å². The zero-order valence-electron chi connectivity index (χ0n) is 9.66. The summed E-state index contributed by atoms with van der Waals surface area (Å²) in [5.74, 6) is 0.548. The molecule has 0 aliphatic heterocycles. The van der Waals surface area contributed by atoms with Crippen LogP contribution in [0.3, 0.4) is 0 Å². The zero-order valence-corrected chi connectivity index (χ0v) is 9.66. The lowest BCUT2D eigenvalue weighted by Gasteiger charge is -2.25. The van der Waals surface area contributed by atoms with Crippen molar-refractivity contribution in [3.05, 3.63) is 17.8 Å². The predicted molar refractivity (Wildman–Crippen MR) is 59.8 cm³/mol. The van der Waals surface area contributed by atoms with Crippen LogP contribution in [-0.4, -0.2) is 22.3 Å². The minimum Gasteiger partial charge on any atom is -0.475 e. The number of ether oxygens (including phenoxy) is 1. The standard InChI is InChI=1S/C11H19N3O/c1-4-11(12,5-2)8-15-10-6-9(3)7-13-14-10/h6-7H,4-5,8,12H2,1-3H3. The Kier molecular flexibility index (Phi) is 4.03. The molecule has 4 nitrogen and oxygen atoms in total. The molecule has 0 atom stereocenters. The van der Waals surface area contributed by atoms with Gasteiger partial charge in [-0.05, 0) is 25.3 Å². The Morgan fingerprint density at radius 1 is 1.40 bits per heavy atom. The highest BCUT2D eigenvalue weighted by atomic mass is 16.5. The lowest BCUT2D eigenvalue weighted by atomic mass is 9.96. The van der Waals surface area contributed by atoms with Gasteiger partial charge in [0.05, 0.1) is 6.20 Å². The molecule has 0 bridgehead atoms. The first-order chi connectivity index (χ1) is 7.09. The molecule has 0 aliphatic carbocycles.